The molecule has 0 unspecified atom stereocenters. The van der Waals surface area contributed by atoms with E-state index in [2.05, 4.69) is 55.0 Å². The van der Waals surface area contributed by atoms with Crippen molar-refractivity contribution in [1.82, 2.24) is 16.2 Å². The van der Waals surface area contributed by atoms with Crippen molar-refractivity contribution in [2.45, 2.75) is 32.6 Å². The van der Waals surface area contributed by atoms with Crippen molar-refractivity contribution >= 4 is 61.0 Å². The second kappa shape index (κ2) is 14.1. The van der Waals surface area contributed by atoms with Crippen LogP contribution in [0.25, 0.3) is 0 Å². The number of rotatable bonds is 10. The molecule has 0 aromatic heterocycles. The molecule has 7 nitrogen and oxygen atoms in total. The van der Waals surface area contributed by atoms with Crippen LogP contribution in [-0.4, -0.2) is 30.1 Å². The van der Waals surface area contributed by atoms with Gasteiger partial charge in [0, 0.05) is 10.0 Å². The minimum absolute atomic E-state index is 0.0376. The molecule has 172 valence electrons. The Hall–Kier alpha value is -2.17. The molecule has 0 saturated heterocycles. The lowest BCUT2D eigenvalue weighted by molar-refractivity contribution is -0.123. The zero-order valence-corrected chi connectivity index (χ0v) is 21.6. The number of benzene rings is 2. The van der Waals surface area contributed by atoms with Gasteiger partial charge in [-0.05, 0) is 77.0 Å². The number of hydrogen-bond acceptors (Lipinski definition) is 5. The van der Waals surface area contributed by atoms with Crippen LogP contribution in [0.3, 0.4) is 0 Å². The molecule has 0 radical (unpaired) electrons. The Balaban J connectivity index is 1.69. The number of nitrogens with one attached hydrogen (secondary N) is 3. The molecule has 2 aromatic rings. The van der Waals surface area contributed by atoms with E-state index in [1.54, 1.807) is 36.4 Å². The van der Waals surface area contributed by atoms with Crippen molar-refractivity contribution in [1.29, 1.82) is 0 Å². The normalized spacial score (nSPS) is 10.2. The highest BCUT2D eigenvalue weighted by molar-refractivity contribution is 9.11. The molecule has 0 fully saturated rings. The number of carbonyl (C=O) groups excluding carboxylic acids is 2. The van der Waals surface area contributed by atoms with Gasteiger partial charge < -0.3 is 9.47 Å². The lowest BCUT2D eigenvalue weighted by Crippen LogP contribution is -2.49. The monoisotopic (exact) mass is 585 g/mol. The maximum Gasteiger partial charge on any atom is 0.276 e. The SMILES string of the molecule is CCCCCCOc1ccc(C(=O)NC(=S)NNC(=O)COc2ccc(Br)cc2Br)cc1. The Morgan fingerprint density at radius 3 is 2.41 bits per heavy atom. The fourth-order valence-corrected chi connectivity index (χ4v) is 3.83. The summed E-state index contributed by atoms with van der Waals surface area (Å²) >= 11 is 11.7. The Kier molecular flexibility index (Phi) is 11.5. The molecule has 0 saturated carbocycles. The smallest absolute Gasteiger partial charge is 0.276 e. The maximum absolute atomic E-state index is 12.3. The molecular weight excluding hydrogens is 562 g/mol. The van der Waals surface area contributed by atoms with E-state index < -0.39 is 11.8 Å². The van der Waals surface area contributed by atoms with Crippen LogP contribution >= 0.6 is 44.1 Å². The van der Waals surface area contributed by atoms with Crippen molar-refractivity contribution in [3.63, 3.8) is 0 Å². The van der Waals surface area contributed by atoms with E-state index in [9.17, 15) is 9.59 Å². The van der Waals surface area contributed by atoms with Crippen molar-refractivity contribution in [2.75, 3.05) is 13.2 Å². The predicted octanol–water partition coefficient (Wildman–Crippen LogP) is 4.89. The topological polar surface area (TPSA) is 88.7 Å². The van der Waals surface area contributed by atoms with E-state index in [-0.39, 0.29) is 11.7 Å². The van der Waals surface area contributed by atoms with Gasteiger partial charge in [0.05, 0.1) is 11.1 Å². The maximum atomic E-state index is 12.3. The molecule has 0 spiro atoms. The number of hydrazine groups is 1. The summed E-state index contributed by atoms with van der Waals surface area (Å²) in [5, 5.41) is 2.46. The minimum atomic E-state index is -0.461. The molecule has 2 aromatic carbocycles. The minimum Gasteiger partial charge on any atom is -0.494 e. The average molecular weight is 587 g/mol. The fraction of sp³-hybridized carbons (Fsp3) is 0.318. The van der Waals surface area contributed by atoms with Gasteiger partial charge in [-0.2, -0.15) is 0 Å². The van der Waals surface area contributed by atoms with Crippen LogP contribution in [0.2, 0.25) is 0 Å². The van der Waals surface area contributed by atoms with Crippen molar-refractivity contribution in [3.8, 4) is 11.5 Å². The molecule has 3 N–H and O–H groups in total. The second-order valence-electron chi connectivity index (χ2n) is 6.75. The lowest BCUT2D eigenvalue weighted by Gasteiger charge is -2.12. The van der Waals surface area contributed by atoms with Gasteiger partial charge in [0.1, 0.15) is 11.5 Å². The molecule has 0 aliphatic carbocycles. The second-order valence-corrected chi connectivity index (χ2v) is 8.93. The van der Waals surface area contributed by atoms with E-state index >= 15 is 0 Å². The third kappa shape index (κ3) is 9.54. The zero-order chi connectivity index (χ0) is 23.3. The third-order valence-corrected chi connectivity index (χ3v) is 5.50. The molecule has 0 aliphatic heterocycles. The number of halogens is 2. The first-order valence-electron chi connectivity index (χ1n) is 10.1. The van der Waals surface area contributed by atoms with Crippen LogP contribution in [0.15, 0.2) is 51.4 Å². The summed E-state index contributed by atoms with van der Waals surface area (Å²) in [6.45, 7) is 2.59. The third-order valence-electron chi connectivity index (χ3n) is 4.18. The molecular formula is C22H25Br2N3O4S. The quantitative estimate of drug-likeness (QED) is 0.209. The van der Waals surface area contributed by atoms with Crippen molar-refractivity contribution in [3.05, 3.63) is 57.0 Å². The van der Waals surface area contributed by atoms with Gasteiger partial charge in [-0.3, -0.25) is 25.8 Å². The molecule has 10 heteroatoms. The lowest BCUT2D eigenvalue weighted by atomic mass is 10.2. The van der Waals surface area contributed by atoms with Gasteiger partial charge in [-0.15, -0.1) is 0 Å². The largest absolute Gasteiger partial charge is 0.494 e. The Morgan fingerprint density at radius 2 is 1.72 bits per heavy atom. The first-order valence-corrected chi connectivity index (χ1v) is 12.1. The Morgan fingerprint density at radius 1 is 0.969 bits per heavy atom. The number of hydrogen-bond donors (Lipinski definition) is 3. The number of thiocarbonyl (C=S) groups is 1. The molecule has 0 heterocycles. The molecule has 0 bridgehead atoms. The Labute approximate surface area is 209 Å². The summed E-state index contributed by atoms with van der Waals surface area (Å²) in [5.41, 5.74) is 5.27. The molecule has 32 heavy (non-hydrogen) atoms. The van der Waals surface area contributed by atoms with Crippen LogP contribution in [0.5, 0.6) is 11.5 Å². The van der Waals surface area contributed by atoms with Crippen molar-refractivity contribution in [2.24, 2.45) is 0 Å². The van der Waals surface area contributed by atoms with E-state index in [1.165, 1.54) is 12.8 Å². The molecule has 2 rings (SSSR count). The highest BCUT2D eigenvalue weighted by Gasteiger charge is 2.10. The van der Waals surface area contributed by atoms with Gasteiger partial charge in [0.25, 0.3) is 11.8 Å². The molecule has 0 aliphatic rings. The van der Waals surface area contributed by atoms with Crippen LogP contribution in [-0.2, 0) is 4.79 Å². The number of carbonyl (C=O) groups is 2. The first kappa shape index (κ1) is 26.1. The zero-order valence-electron chi connectivity index (χ0n) is 17.6. The molecule has 0 atom stereocenters. The standard InChI is InChI=1S/C22H25Br2N3O4S/c1-2-3-4-5-12-30-17-9-6-15(7-10-17)21(29)25-22(32)27-26-20(28)14-31-19-11-8-16(23)13-18(19)24/h6-11,13H,2-5,12,14H2,1H3,(H,26,28)(H2,25,27,29,32). The summed E-state index contributed by atoms with van der Waals surface area (Å²) in [4.78, 5) is 24.2. The van der Waals surface area contributed by atoms with Crippen molar-refractivity contribution < 1.29 is 19.1 Å². The summed E-state index contributed by atoms with van der Waals surface area (Å²) < 4.78 is 12.7. The summed E-state index contributed by atoms with van der Waals surface area (Å²) in [7, 11) is 0. The van der Waals surface area contributed by atoms with E-state index in [0.29, 0.717) is 28.1 Å². The van der Waals surface area contributed by atoms with Crippen LogP contribution in [0.1, 0.15) is 43.0 Å². The van der Waals surface area contributed by atoms with E-state index in [0.717, 1.165) is 17.3 Å². The first-order chi connectivity index (χ1) is 15.4. The van der Waals surface area contributed by atoms with Crippen LogP contribution in [0, 0.1) is 0 Å². The average Bonchev–Trinajstić information content (AvgIpc) is 2.77. The summed E-state index contributed by atoms with van der Waals surface area (Å²) in [5.74, 6) is 0.370. The van der Waals surface area contributed by atoms with Gasteiger partial charge in [0.2, 0.25) is 0 Å². The van der Waals surface area contributed by atoms with Gasteiger partial charge in [-0.25, -0.2) is 0 Å². The van der Waals surface area contributed by atoms with Gasteiger partial charge in [0.15, 0.2) is 11.7 Å². The highest BCUT2D eigenvalue weighted by atomic mass is 79.9. The van der Waals surface area contributed by atoms with Crippen LogP contribution in [0.4, 0.5) is 0 Å². The number of unbranched alkanes of at least 4 members (excludes halogenated alkanes) is 3. The Bertz CT molecular complexity index is 926. The highest BCUT2D eigenvalue weighted by Crippen LogP contribution is 2.28. The van der Waals surface area contributed by atoms with Crippen LogP contribution < -0.4 is 25.6 Å². The van der Waals surface area contributed by atoms with Gasteiger partial charge >= 0.3 is 0 Å². The van der Waals surface area contributed by atoms with Gasteiger partial charge in [-0.1, -0.05) is 42.1 Å². The number of amides is 2. The van der Waals surface area contributed by atoms with E-state index in [1.807, 2.05) is 6.07 Å². The fourth-order valence-electron chi connectivity index (χ4n) is 2.53. The van der Waals surface area contributed by atoms with E-state index in [4.69, 9.17) is 21.7 Å². The summed E-state index contributed by atoms with van der Waals surface area (Å²) in [6, 6.07) is 12.1. The number of ether oxygens (including phenoxy) is 2. The predicted molar refractivity (Wildman–Crippen MR) is 135 cm³/mol. The molecule has 2 amide bonds. The summed E-state index contributed by atoms with van der Waals surface area (Å²) in [6.07, 6.45) is 4.54.